The van der Waals surface area contributed by atoms with Gasteiger partial charge in [0.15, 0.2) is 0 Å². The van der Waals surface area contributed by atoms with Crippen LogP contribution in [0, 0.1) is 0 Å². The maximum absolute atomic E-state index is 5.97. The van der Waals surface area contributed by atoms with Gasteiger partial charge in [0.05, 0.1) is 5.56 Å². The number of nitrogens with zero attached hydrogens (tertiary/aromatic N) is 3. The SMILES string of the molecule is CC(C)N(C)CCNc1snc(N)c1-c1cccnc1. The van der Waals surface area contributed by atoms with Gasteiger partial charge in [0.25, 0.3) is 0 Å². The standard InChI is InChI=1S/C14H21N5S/c1-10(2)19(3)8-7-17-14-12(13(15)18-20-14)11-5-4-6-16-9-11/h4-6,9-10,17H,7-8H2,1-3H3,(H2,15,18). The van der Waals surface area contributed by atoms with Gasteiger partial charge < -0.3 is 16.0 Å². The van der Waals surface area contributed by atoms with Crippen molar-refractivity contribution in [2.75, 3.05) is 31.2 Å². The molecule has 2 aromatic rings. The maximum atomic E-state index is 5.97. The molecule has 0 spiro atoms. The van der Waals surface area contributed by atoms with Crippen molar-refractivity contribution in [2.45, 2.75) is 19.9 Å². The Morgan fingerprint density at radius 2 is 2.25 bits per heavy atom. The van der Waals surface area contributed by atoms with Gasteiger partial charge in [-0.2, -0.15) is 4.37 Å². The molecule has 2 aromatic heterocycles. The molecule has 0 bridgehead atoms. The van der Waals surface area contributed by atoms with Crippen LogP contribution in [0.3, 0.4) is 0 Å². The second-order valence-electron chi connectivity index (χ2n) is 5.01. The Labute approximate surface area is 124 Å². The van der Waals surface area contributed by atoms with E-state index in [1.165, 1.54) is 11.5 Å². The van der Waals surface area contributed by atoms with Crippen molar-refractivity contribution in [3.8, 4) is 11.1 Å². The van der Waals surface area contributed by atoms with Crippen molar-refractivity contribution >= 4 is 22.4 Å². The van der Waals surface area contributed by atoms with Crippen LogP contribution in [0.5, 0.6) is 0 Å². The molecule has 108 valence electrons. The minimum atomic E-state index is 0.543. The molecule has 0 aromatic carbocycles. The number of rotatable bonds is 6. The third-order valence-corrected chi connectivity index (χ3v) is 4.12. The van der Waals surface area contributed by atoms with E-state index in [1.54, 1.807) is 6.20 Å². The molecule has 0 fully saturated rings. The molecule has 0 aliphatic rings. The largest absolute Gasteiger partial charge is 0.382 e. The van der Waals surface area contributed by atoms with E-state index in [0.29, 0.717) is 11.9 Å². The molecular weight excluding hydrogens is 270 g/mol. The lowest BCUT2D eigenvalue weighted by Gasteiger charge is -2.21. The van der Waals surface area contributed by atoms with Crippen molar-refractivity contribution < 1.29 is 0 Å². The van der Waals surface area contributed by atoms with Gasteiger partial charge in [-0.25, -0.2) is 0 Å². The molecule has 0 aliphatic carbocycles. The summed E-state index contributed by atoms with van der Waals surface area (Å²) < 4.78 is 4.24. The van der Waals surface area contributed by atoms with E-state index in [4.69, 9.17) is 5.73 Å². The first-order valence-electron chi connectivity index (χ1n) is 6.69. The van der Waals surface area contributed by atoms with Crippen LogP contribution in [0.1, 0.15) is 13.8 Å². The molecule has 2 rings (SSSR count). The highest BCUT2D eigenvalue weighted by Gasteiger charge is 2.13. The molecule has 0 radical (unpaired) electrons. The molecule has 0 saturated heterocycles. The minimum absolute atomic E-state index is 0.543. The zero-order valence-corrected chi connectivity index (χ0v) is 12.9. The van der Waals surface area contributed by atoms with Crippen molar-refractivity contribution in [1.29, 1.82) is 0 Å². The third kappa shape index (κ3) is 3.46. The predicted molar refractivity (Wildman–Crippen MR) is 86.0 cm³/mol. The normalized spacial score (nSPS) is 11.2. The molecule has 6 heteroatoms. The Balaban J connectivity index is 2.07. The second kappa shape index (κ2) is 6.67. The minimum Gasteiger partial charge on any atom is -0.382 e. The summed E-state index contributed by atoms with van der Waals surface area (Å²) in [5, 5.41) is 4.43. The van der Waals surface area contributed by atoms with Crippen LogP contribution < -0.4 is 11.1 Å². The van der Waals surface area contributed by atoms with Crippen LogP contribution >= 0.6 is 11.5 Å². The van der Waals surface area contributed by atoms with Gasteiger partial charge in [-0.15, -0.1) is 0 Å². The lowest BCUT2D eigenvalue weighted by atomic mass is 10.1. The summed E-state index contributed by atoms with van der Waals surface area (Å²) >= 11 is 1.40. The van der Waals surface area contributed by atoms with Gasteiger partial charge in [0.2, 0.25) is 0 Å². The van der Waals surface area contributed by atoms with E-state index in [0.717, 1.165) is 29.2 Å². The van der Waals surface area contributed by atoms with Crippen molar-refractivity contribution in [3.05, 3.63) is 24.5 Å². The smallest absolute Gasteiger partial charge is 0.147 e. The van der Waals surface area contributed by atoms with Gasteiger partial charge in [0.1, 0.15) is 10.8 Å². The van der Waals surface area contributed by atoms with E-state index in [-0.39, 0.29) is 0 Å². The molecule has 0 saturated carbocycles. The fraction of sp³-hybridized carbons (Fsp3) is 0.429. The fourth-order valence-corrected chi connectivity index (χ4v) is 2.58. The molecule has 0 unspecified atom stereocenters. The van der Waals surface area contributed by atoms with Crippen LogP contribution in [-0.4, -0.2) is 40.4 Å². The Bertz CT molecular complexity index is 538. The molecule has 0 atom stereocenters. The Kier molecular flexibility index (Phi) is 4.92. The number of nitrogen functional groups attached to an aromatic ring is 1. The van der Waals surface area contributed by atoms with Crippen LogP contribution in [0.4, 0.5) is 10.8 Å². The van der Waals surface area contributed by atoms with E-state index >= 15 is 0 Å². The highest BCUT2D eigenvalue weighted by molar-refractivity contribution is 7.11. The van der Waals surface area contributed by atoms with Gasteiger partial charge >= 0.3 is 0 Å². The molecule has 0 aliphatic heterocycles. The van der Waals surface area contributed by atoms with Crippen molar-refractivity contribution in [1.82, 2.24) is 14.3 Å². The summed E-state index contributed by atoms with van der Waals surface area (Å²) in [5.74, 6) is 0.558. The fourth-order valence-electron chi connectivity index (χ4n) is 1.82. The summed E-state index contributed by atoms with van der Waals surface area (Å²) in [7, 11) is 2.12. The molecule has 3 N–H and O–H groups in total. The average Bonchev–Trinajstić information content (AvgIpc) is 2.80. The number of pyridine rings is 1. The quantitative estimate of drug-likeness (QED) is 0.856. The topological polar surface area (TPSA) is 67.1 Å². The van der Waals surface area contributed by atoms with Crippen molar-refractivity contribution in [3.63, 3.8) is 0 Å². The summed E-state index contributed by atoms with van der Waals surface area (Å²) in [5.41, 5.74) is 7.93. The second-order valence-corrected chi connectivity index (χ2v) is 5.79. The number of hydrogen-bond acceptors (Lipinski definition) is 6. The van der Waals surface area contributed by atoms with Crippen molar-refractivity contribution in [2.24, 2.45) is 0 Å². The van der Waals surface area contributed by atoms with Crippen LogP contribution in [0.2, 0.25) is 0 Å². The molecular formula is C14H21N5S. The lowest BCUT2D eigenvalue weighted by Crippen LogP contribution is -2.31. The highest BCUT2D eigenvalue weighted by Crippen LogP contribution is 2.36. The first-order chi connectivity index (χ1) is 9.59. The predicted octanol–water partition coefficient (Wildman–Crippen LogP) is 2.54. The summed E-state index contributed by atoms with van der Waals surface area (Å²) in [6, 6.07) is 4.45. The van der Waals surface area contributed by atoms with Crippen LogP contribution in [0.25, 0.3) is 11.1 Å². The monoisotopic (exact) mass is 291 g/mol. The molecule has 5 nitrogen and oxygen atoms in total. The number of aromatic nitrogens is 2. The van der Waals surface area contributed by atoms with E-state index in [1.807, 2.05) is 18.3 Å². The highest BCUT2D eigenvalue weighted by atomic mass is 32.1. The molecule has 20 heavy (non-hydrogen) atoms. The zero-order valence-electron chi connectivity index (χ0n) is 12.1. The molecule has 0 amide bonds. The average molecular weight is 291 g/mol. The van der Waals surface area contributed by atoms with Crippen LogP contribution in [-0.2, 0) is 0 Å². The summed E-state index contributed by atoms with van der Waals surface area (Å²) in [6.45, 7) is 6.21. The van der Waals surface area contributed by atoms with Gasteiger partial charge in [-0.1, -0.05) is 6.07 Å². The first-order valence-corrected chi connectivity index (χ1v) is 7.46. The van der Waals surface area contributed by atoms with Gasteiger partial charge in [-0.05, 0) is 38.5 Å². The zero-order chi connectivity index (χ0) is 14.5. The summed E-state index contributed by atoms with van der Waals surface area (Å²) in [4.78, 5) is 6.43. The Hall–Kier alpha value is -1.66. The number of nitrogens with two attached hydrogens (primary N) is 1. The Morgan fingerprint density at radius 1 is 1.45 bits per heavy atom. The Morgan fingerprint density at radius 3 is 2.90 bits per heavy atom. The maximum Gasteiger partial charge on any atom is 0.147 e. The van der Waals surface area contributed by atoms with E-state index in [2.05, 4.69) is 40.5 Å². The van der Waals surface area contributed by atoms with Gasteiger partial charge in [0, 0.05) is 37.1 Å². The lowest BCUT2D eigenvalue weighted by molar-refractivity contribution is 0.284. The van der Waals surface area contributed by atoms with Gasteiger partial charge in [-0.3, -0.25) is 4.98 Å². The third-order valence-electron chi connectivity index (χ3n) is 3.30. The van der Waals surface area contributed by atoms with E-state index in [9.17, 15) is 0 Å². The van der Waals surface area contributed by atoms with Crippen LogP contribution in [0.15, 0.2) is 24.5 Å². The number of hydrogen-bond donors (Lipinski definition) is 2. The first kappa shape index (κ1) is 14.7. The summed E-state index contributed by atoms with van der Waals surface area (Å²) in [6.07, 6.45) is 3.57. The number of nitrogens with one attached hydrogen (secondary N) is 1. The number of likely N-dealkylation sites (N-methyl/N-ethyl adjacent to an activating group) is 1. The van der Waals surface area contributed by atoms with E-state index < -0.39 is 0 Å². The number of anilines is 2. The molecule has 2 heterocycles.